The molecule has 0 spiro atoms. The van der Waals surface area contributed by atoms with Crippen molar-refractivity contribution in [3.05, 3.63) is 23.2 Å². The van der Waals surface area contributed by atoms with E-state index >= 15 is 0 Å². The normalized spacial score (nSPS) is 13.4. The molecule has 6 nitrogen and oxygen atoms in total. The second-order valence-electron chi connectivity index (χ2n) is 3.34. The molecular weight excluding hydrogens is 270 g/mol. The number of halogens is 1. The summed E-state index contributed by atoms with van der Waals surface area (Å²) in [4.78, 5) is -0.414. The van der Waals surface area contributed by atoms with E-state index in [1.807, 2.05) is 0 Å². The fourth-order valence-corrected chi connectivity index (χ4v) is 2.11. The third-order valence-corrected chi connectivity index (χ3v) is 3.30. The second-order valence-corrected chi connectivity index (χ2v) is 5.13. The Bertz CT molecular complexity index is 490. The number of hydrogen-bond donors (Lipinski definition) is 4. The fourth-order valence-electron chi connectivity index (χ4n) is 1.11. The zero-order valence-electron chi connectivity index (χ0n) is 8.67. The molecule has 0 saturated carbocycles. The van der Waals surface area contributed by atoms with Crippen LogP contribution in [-0.4, -0.2) is 42.4 Å². The summed E-state index contributed by atoms with van der Waals surface area (Å²) in [6.07, 6.45) is -0.958. The van der Waals surface area contributed by atoms with Crippen LogP contribution < -0.4 is 5.32 Å². The molecule has 96 valence electrons. The van der Waals surface area contributed by atoms with Gasteiger partial charge in [0.1, 0.15) is 4.90 Å². The van der Waals surface area contributed by atoms with E-state index in [1.165, 1.54) is 12.1 Å². The van der Waals surface area contributed by atoms with E-state index in [4.69, 9.17) is 26.4 Å². The van der Waals surface area contributed by atoms with Crippen LogP contribution in [0.2, 0.25) is 5.02 Å². The van der Waals surface area contributed by atoms with Crippen molar-refractivity contribution in [1.29, 1.82) is 0 Å². The van der Waals surface area contributed by atoms with Gasteiger partial charge in [-0.15, -0.1) is 0 Å². The summed E-state index contributed by atoms with van der Waals surface area (Å²) in [5.74, 6) is 0. The van der Waals surface area contributed by atoms with Gasteiger partial charge in [-0.3, -0.25) is 4.55 Å². The smallest absolute Gasteiger partial charge is 0.296 e. The highest BCUT2D eigenvalue weighted by Gasteiger charge is 2.15. The van der Waals surface area contributed by atoms with Crippen LogP contribution in [0.3, 0.4) is 0 Å². The summed E-state index contributed by atoms with van der Waals surface area (Å²) in [7, 11) is -4.38. The van der Waals surface area contributed by atoms with Crippen LogP contribution in [0.25, 0.3) is 0 Å². The van der Waals surface area contributed by atoms with Gasteiger partial charge < -0.3 is 15.5 Å². The van der Waals surface area contributed by atoms with E-state index in [1.54, 1.807) is 0 Å². The lowest BCUT2D eigenvalue weighted by atomic mass is 10.3. The van der Waals surface area contributed by atoms with Gasteiger partial charge >= 0.3 is 0 Å². The molecule has 17 heavy (non-hydrogen) atoms. The molecule has 1 atom stereocenters. The van der Waals surface area contributed by atoms with E-state index < -0.39 is 27.7 Å². The average Bonchev–Trinajstić information content (AvgIpc) is 2.26. The number of rotatable bonds is 5. The summed E-state index contributed by atoms with van der Waals surface area (Å²) in [5.41, 5.74) is 0.356. The van der Waals surface area contributed by atoms with Gasteiger partial charge in [0.2, 0.25) is 0 Å². The Kier molecular flexibility index (Phi) is 4.72. The zero-order valence-corrected chi connectivity index (χ0v) is 10.2. The maximum atomic E-state index is 11.0. The minimum atomic E-state index is -4.38. The second kappa shape index (κ2) is 5.65. The van der Waals surface area contributed by atoms with Crippen LogP contribution in [0.5, 0.6) is 0 Å². The van der Waals surface area contributed by atoms with Gasteiger partial charge in [0, 0.05) is 12.2 Å². The maximum absolute atomic E-state index is 11.0. The molecule has 1 rings (SSSR count). The highest BCUT2D eigenvalue weighted by molar-refractivity contribution is 7.86. The first-order valence-electron chi connectivity index (χ1n) is 4.64. The minimum absolute atomic E-state index is 0.0447. The summed E-state index contributed by atoms with van der Waals surface area (Å²) in [6.45, 7) is -0.366. The molecular formula is C9H12ClNO5S. The van der Waals surface area contributed by atoms with Gasteiger partial charge in [0.15, 0.2) is 0 Å². The first kappa shape index (κ1) is 14.2. The largest absolute Gasteiger partial charge is 0.394 e. The summed E-state index contributed by atoms with van der Waals surface area (Å²) in [6, 6.07) is 3.93. The van der Waals surface area contributed by atoms with Gasteiger partial charge in [0.25, 0.3) is 10.1 Å². The molecule has 0 aromatic heterocycles. The molecule has 0 bridgehead atoms. The summed E-state index contributed by atoms with van der Waals surface area (Å²) >= 11 is 5.61. The van der Waals surface area contributed by atoms with Gasteiger partial charge in [0.05, 0.1) is 17.7 Å². The van der Waals surface area contributed by atoms with E-state index in [0.29, 0.717) is 5.69 Å². The first-order valence-corrected chi connectivity index (χ1v) is 6.46. The molecule has 0 amide bonds. The Balaban J connectivity index is 2.90. The molecule has 4 N–H and O–H groups in total. The van der Waals surface area contributed by atoms with E-state index in [-0.39, 0.29) is 11.6 Å². The van der Waals surface area contributed by atoms with Crippen molar-refractivity contribution >= 4 is 27.4 Å². The summed E-state index contributed by atoms with van der Waals surface area (Å²) in [5, 5.41) is 20.3. The van der Waals surface area contributed by atoms with Crippen molar-refractivity contribution in [3.63, 3.8) is 0 Å². The minimum Gasteiger partial charge on any atom is -0.394 e. The molecule has 1 aromatic carbocycles. The Labute approximate surface area is 104 Å². The van der Waals surface area contributed by atoms with Crippen LogP contribution >= 0.6 is 11.6 Å². The standard InChI is InChI=1S/C9H12ClNO5S/c10-8-2-1-6(11-4-7(13)5-12)3-9(8)17(14,15)16/h1-3,7,11-13H,4-5H2,(H,14,15,16). The van der Waals surface area contributed by atoms with Gasteiger partial charge in [-0.1, -0.05) is 11.6 Å². The number of aliphatic hydroxyl groups is 2. The Hall–Kier alpha value is -0.860. The first-order chi connectivity index (χ1) is 7.84. The summed E-state index contributed by atoms with van der Waals surface area (Å²) < 4.78 is 30.8. The molecule has 1 unspecified atom stereocenters. The van der Waals surface area contributed by atoms with Crippen molar-refractivity contribution in [2.24, 2.45) is 0 Å². The maximum Gasteiger partial charge on any atom is 0.296 e. The average molecular weight is 282 g/mol. The number of hydrogen-bond acceptors (Lipinski definition) is 5. The van der Waals surface area contributed by atoms with Gasteiger partial charge in [-0.2, -0.15) is 8.42 Å². The van der Waals surface area contributed by atoms with Crippen molar-refractivity contribution in [2.45, 2.75) is 11.0 Å². The predicted molar refractivity (Wildman–Crippen MR) is 62.8 cm³/mol. The Morgan fingerprint density at radius 1 is 1.41 bits per heavy atom. The van der Waals surface area contributed by atoms with Crippen molar-refractivity contribution in [2.75, 3.05) is 18.5 Å². The molecule has 8 heteroatoms. The van der Waals surface area contributed by atoms with Gasteiger partial charge in [-0.05, 0) is 18.2 Å². The third-order valence-electron chi connectivity index (χ3n) is 1.96. The molecule has 0 radical (unpaired) electrons. The molecule has 0 fully saturated rings. The zero-order chi connectivity index (χ0) is 13.1. The fraction of sp³-hybridized carbons (Fsp3) is 0.333. The highest BCUT2D eigenvalue weighted by Crippen LogP contribution is 2.24. The number of nitrogens with one attached hydrogen (secondary N) is 1. The Morgan fingerprint density at radius 2 is 2.06 bits per heavy atom. The van der Waals surface area contributed by atoms with E-state index in [2.05, 4.69) is 5.32 Å². The van der Waals surface area contributed by atoms with Gasteiger partial charge in [-0.25, -0.2) is 0 Å². The molecule has 0 aliphatic carbocycles. The number of benzene rings is 1. The van der Waals surface area contributed by atoms with Crippen molar-refractivity contribution in [1.82, 2.24) is 0 Å². The monoisotopic (exact) mass is 281 g/mol. The van der Waals surface area contributed by atoms with Crippen LogP contribution in [0, 0.1) is 0 Å². The van der Waals surface area contributed by atoms with Crippen molar-refractivity contribution < 1.29 is 23.2 Å². The van der Waals surface area contributed by atoms with Crippen LogP contribution in [0.1, 0.15) is 0 Å². The molecule has 0 saturated heterocycles. The number of aliphatic hydroxyl groups excluding tert-OH is 2. The van der Waals surface area contributed by atoms with E-state index in [0.717, 1.165) is 6.07 Å². The molecule has 0 aliphatic rings. The molecule has 1 aromatic rings. The number of anilines is 1. The van der Waals surface area contributed by atoms with Crippen molar-refractivity contribution in [3.8, 4) is 0 Å². The molecule has 0 heterocycles. The predicted octanol–water partition coefficient (Wildman–Crippen LogP) is 0.352. The lowest BCUT2D eigenvalue weighted by Crippen LogP contribution is -2.23. The van der Waals surface area contributed by atoms with Crippen LogP contribution in [0.4, 0.5) is 5.69 Å². The topological polar surface area (TPSA) is 107 Å². The van der Waals surface area contributed by atoms with Crippen LogP contribution in [-0.2, 0) is 10.1 Å². The Morgan fingerprint density at radius 3 is 2.59 bits per heavy atom. The third kappa shape index (κ3) is 4.14. The quantitative estimate of drug-likeness (QED) is 0.580. The van der Waals surface area contributed by atoms with Crippen LogP contribution in [0.15, 0.2) is 23.1 Å². The lowest BCUT2D eigenvalue weighted by Gasteiger charge is -2.11. The molecule has 0 aliphatic heterocycles. The highest BCUT2D eigenvalue weighted by atomic mass is 35.5. The SMILES string of the molecule is O=S(=O)(O)c1cc(NCC(O)CO)ccc1Cl. The lowest BCUT2D eigenvalue weighted by molar-refractivity contribution is 0.105. The van der Waals surface area contributed by atoms with E-state index in [9.17, 15) is 8.42 Å².